The summed E-state index contributed by atoms with van der Waals surface area (Å²) in [6.45, 7) is 8.88. The molecule has 6 heteroatoms. The van der Waals surface area contributed by atoms with Crippen LogP contribution in [0.3, 0.4) is 0 Å². The molecule has 1 aliphatic rings. The quantitative estimate of drug-likeness (QED) is 0.328. The number of hydrogen-bond acceptors (Lipinski definition) is 4. The van der Waals surface area contributed by atoms with Crippen LogP contribution in [-0.4, -0.2) is 9.49 Å². The molecule has 1 fully saturated rings. The molecule has 1 heterocycles. The van der Waals surface area contributed by atoms with E-state index >= 15 is 0 Å². The maximum atomic E-state index is 11.4. The van der Waals surface area contributed by atoms with Crippen LogP contribution in [0, 0.1) is 35.8 Å². The molecule has 1 aromatic heterocycles. The Bertz CT molecular complexity index is 1180. The highest BCUT2D eigenvalue weighted by molar-refractivity contribution is 7.07. The van der Waals surface area contributed by atoms with Gasteiger partial charge in [0.25, 0.3) is 5.69 Å². The number of aryl methyl sites for hydroxylation is 1. The van der Waals surface area contributed by atoms with Gasteiger partial charge in [0, 0.05) is 29.1 Å². The summed E-state index contributed by atoms with van der Waals surface area (Å²) in [7, 11) is 0. The van der Waals surface area contributed by atoms with E-state index in [-0.39, 0.29) is 10.6 Å². The summed E-state index contributed by atoms with van der Waals surface area (Å²) < 4.78 is 2.35. The Morgan fingerprint density at radius 2 is 1.90 bits per heavy atom. The SMILES string of the molecule is Cc1cccc(N=c2scc(-c3cccc([N+](=O)[O-])c3)n2C2CCCC(C)C2C)c1C. The molecule has 2 aromatic carbocycles. The average molecular weight is 436 g/mol. The summed E-state index contributed by atoms with van der Waals surface area (Å²) in [4.78, 5) is 17.1. The van der Waals surface area contributed by atoms with E-state index in [9.17, 15) is 10.1 Å². The van der Waals surface area contributed by atoms with E-state index in [1.54, 1.807) is 29.5 Å². The molecule has 0 saturated heterocycles. The van der Waals surface area contributed by atoms with Crippen molar-refractivity contribution in [1.82, 2.24) is 4.57 Å². The van der Waals surface area contributed by atoms with E-state index in [1.165, 1.54) is 24.0 Å². The molecule has 0 bridgehead atoms. The number of hydrogen-bond donors (Lipinski definition) is 0. The van der Waals surface area contributed by atoms with Crippen LogP contribution in [0.1, 0.15) is 50.3 Å². The molecular formula is C25H29N3O2S. The van der Waals surface area contributed by atoms with E-state index in [1.807, 2.05) is 12.1 Å². The Kier molecular flexibility index (Phi) is 6.10. The zero-order valence-electron chi connectivity index (χ0n) is 18.5. The van der Waals surface area contributed by atoms with Crippen molar-refractivity contribution in [2.24, 2.45) is 16.8 Å². The van der Waals surface area contributed by atoms with Gasteiger partial charge in [0.1, 0.15) is 0 Å². The molecule has 0 amide bonds. The Labute approximate surface area is 187 Å². The number of thiazole rings is 1. The van der Waals surface area contributed by atoms with Crippen LogP contribution in [0.5, 0.6) is 0 Å². The maximum absolute atomic E-state index is 11.4. The standard InChI is InChI=1S/C25H29N3O2S/c1-16-8-5-12-22(18(16)3)26-25-27(23-13-6-9-17(2)19(23)4)24(15-31-25)20-10-7-11-21(14-20)28(29)30/h5,7-8,10-12,14-15,17,19,23H,6,9,13H2,1-4H3. The summed E-state index contributed by atoms with van der Waals surface area (Å²) in [6, 6.07) is 13.5. The van der Waals surface area contributed by atoms with Gasteiger partial charge in [0.2, 0.25) is 0 Å². The van der Waals surface area contributed by atoms with Crippen LogP contribution >= 0.6 is 11.3 Å². The molecule has 3 atom stereocenters. The minimum Gasteiger partial charge on any atom is -0.313 e. The molecule has 0 spiro atoms. The second-order valence-corrected chi connectivity index (χ2v) is 9.58. The van der Waals surface area contributed by atoms with Crippen molar-refractivity contribution in [2.45, 2.75) is 53.0 Å². The molecule has 3 aromatic rings. The average Bonchev–Trinajstić information content (AvgIpc) is 3.17. The number of nitro benzene ring substituents is 1. The van der Waals surface area contributed by atoms with Gasteiger partial charge in [-0.15, -0.1) is 11.3 Å². The van der Waals surface area contributed by atoms with Crippen LogP contribution in [0.25, 0.3) is 11.3 Å². The van der Waals surface area contributed by atoms with E-state index in [2.05, 4.69) is 49.8 Å². The lowest BCUT2D eigenvalue weighted by Gasteiger charge is -2.36. The van der Waals surface area contributed by atoms with Crippen molar-refractivity contribution in [3.05, 3.63) is 73.9 Å². The lowest BCUT2D eigenvalue weighted by molar-refractivity contribution is -0.384. The Balaban J connectivity index is 1.93. The van der Waals surface area contributed by atoms with Crippen molar-refractivity contribution >= 4 is 22.7 Å². The molecule has 162 valence electrons. The molecule has 4 rings (SSSR count). The highest BCUT2D eigenvalue weighted by atomic mass is 32.1. The molecule has 5 nitrogen and oxygen atoms in total. The Morgan fingerprint density at radius 1 is 1.13 bits per heavy atom. The minimum absolute atomic E-state index is 0.119. The van der Waals surface area contributed by atoms with E-state index in [4.69, 9.17) is 4.99 Å². The molecule has 0 N–H and O–H groups in total. The minimum atomic E-state index is -0.326. The monoisotopic (exact) mass is 435 g/mol. The predicted molar refractivity (Wildman–Crippen MR) is 127 cm³/mol. The fourth-order valence-corrected chi connectivity index (χ4v) is 5.55. The normalized spacial score (nSPS) is 21.9. The topological polar surface area (TPSA) is 60.4 Å². The van der Waals surface area contributed by atoms with Crippen LogP contribution in [0.15, 0.2) is 52.8 Å². The number of rotatable bonds is 4. The number of nitro groups is 1. The lowest BCUT2D eigenvalue weighted by atomic mass is 9.78. The highest BCUT2D eigenvalue weighted by Crippen LogP contribution is 2.40. The van der Waals surface area contributed by atoms with Crippen molar-refractivity contribution in [3.8, 4) is 11.3 Å². The van der Waals surface area contributed by atoms with E-state index < -0.39 is 0 Å². The van der Waals surface area contributed by atoms with Crippen molar-refractivity contribution < 1.29 is 4.92 Å². The summed E-state index contributed by atoms with van der Waals surface area (Å²) in [5.41, 5.74) is 5.40. The van der Waals surface area contributed by atoms with Gasteiger partial charge in [-0.3, -0.25) is 10.1 Å². The number of non-ortho nitro benzene ring substituents is 1. The zero-order chi connectivity index (χ0) is 22.1. The van der Waals surface area contributed by atoms with Gasteiger partial charge >= 0.3 is 0 Å². The maximum Gasteiger partial charge on any atom is 0.270 e. The fourth-order valence-electron chi connectivity index (χ4n) is 4.59. The van der Waals surface area contributed by atoms with Crippen LogP contribution in [-0.2, 0) is 0 Å². The third-order valence-corrected chi connectivity index (χ3v) is 7.72. The smallest absolute Gasteiger partial charge is 0.270 e. The first kappa shape index (κ1) is 21.5. The van der Waals surface area contributed by atoms with Gasteiger partial charge < -0.3 is 4.57 Å². The first-order valence-corrected chi connectivity index (χ1v) is 11.8. The van der Waals surface area contributed by atoms with Gasteiger partial charge in [0.15, 0.2) is 4.80 Å². The zero-order valence-corrected chi connectivity index (χ0v) is 19.4. The van der Waals surface area contributed by atoms with Crippen molar-refractivity contribution in [1.29, 1.82) is 0 Å². The van der Waals surface area contributed by atoms with Gasteiger partial charge in [-0.1, -0.05) is 51.0 Å². The molecule has 1 saturated carbocycles. The van der Waals surface area contributed by atoms with Gasteiger partial charge in [0.05, 0.1) is 16.3 Å². The van der Waals surface area contributed by atoms with E-state index in [0.29, 0.717) is 17.9 Å². The first-order valence-electron chi connectivity index (χ1n) is 10.9. The molecular weight excluding hydrogens is 406 g/mol. The Hall–Kier alpha value is -2.73. The molecule has 1 aliphatic carbocycles. The van der Waals surface area contributed by atoms with Crippen LogP contribution in [0.4, 0.5) is 11.4 Å². The molecule has 3 unspecified atom stereocenters. The van der Waals surface area contributed by atoms with Gasteiger partial charge in [-0.2, -0.15) is 0 Å². The fraction of sp³-hybridized carbons (Fsp3) is 0.400. The molecule has 0 radical (unpaired) electrons. The molecule has 31 heavy (non-hydrogen) atoms. The van der Waals surface area contributed by atoms with E-state index in [0.717, 1.165) is 28.2 Å². The van der Waals surface area contributed by atoms with Crippen LogP contribution in [0.2, 0.25) is 0 Å². The highest BCUT2D eigenvalue weighted by Gasteiger charge is 2.30. The number of benzene rings is 2. The predicted octanol–water partition coefficient (Wildman–Crippen LogP) is 6.97. The largest absolute Gasteiger partial charge is 0.313 e. The van der Waals surface area contributed by atoms with Crippen molar-refractivity contribution in [2.75, 3.05) is 0 Å². The second-order valence-electron chi connectivity index (χ2n) is 8.75. The summed E-state index contributed by atoms with van der Waals surface area (Å²) in [5.74, 6) is 1.15. The van der Waals surface area contributed by atoms with Crippen molar-refractivity contribution in [3.63, 3.8) is 0 Å². The summed E-state index contributed by atoms with van der Waals surface area (Å²) >= 11 is 1.62. The number of aromatic nitrogens is 1. The molecule has 0 aliphatic heterocycles. The Morgan fingerprint density at radius 3 is 2.68 bits per heavy atom. The lowest BCUT2D eigenvalue weighted by Crippen LogP contribution is -2.32. The summed E-state index contributed by atoms with van der Waals surface area (Å²) in [6.07, 6.45) is 3.54. The number of nitrogens with zero attached hydrogens (tertiary/aromatic N) is 3. The second kappa shape index (κ2) is 8.79. The van der Waals surface area contributed by atoms with Gasteiger partial charge in [-0.05, 0) is 49.3 Å². The first-order chi connectivity index (χ1) is 14.9. The van der Waals surface area contributed by atoms with Crippen LogP contribution < -0.4 is 4.80 Å². The third-order valence-electron chi connectivity index (χ3n) is 6.88. The van der Waals surface area contributed by atoms with Gasteiger partial charge in [-0.25, -0.2) is 4.99 Å². The third kappa shape index (κ3) is 4.22. The summed E-state index contributed by atoms with van der Waals surface area (Å²) in [5, 5.41) is 13.5.